The molecule has 0 aliphatic rings. The van der Waals surface area contributed by atoms with Crippen molar-refractivity contribution in [2.45, 2.75) is 39.0 Å². The highest BCUT2D eigenvalue weighted by Gasteiger charge is 2.23. The summed E-state index contributed by atoms with van der Waals surface area (Å²) in [5.41, 5.74) is 0.541. The summed E-state index contributed by atoms with van der Waals surface area (Å²) in [4.78, 5) is 0. The molecule has 16 heavy (non-hydrogen) atoms. The standard InChI is InChI=1S/C13H17Cl2F/c1-9(14)7-13(2,3)8-10-11(15)5-4-6-12(10)16/h4-6,9H,7-8H2,1-3H3. The number of benzene rings is 1. The number of alkyl halides is 1. The second kappa shape index (κ2) is 5.37. The van der Waals surface area contributed by atoms with Gasteiger partial charge in [-0.3, -0.25) is 0 Å². The van der Waals surface area contributed by atoms with Gasteiger partial charge in [-0.05, 0) is 37.3 Å². The van der Waals surface area contributed by atoms with Crippen molar-refractivity contribution in [1.29, 1.82) is 0 Å². The number of hydrogen-bond acceptors (Lipinski definition) is 0. The summed E-state index contributed by atoms with van der Waals surface area (Å²) in [5, 5.41) is 0.579. The van der Waals surface area contributed by atoms with E-state index in [4.69, 9.17) is 23.2 Å². The quantitative estimate of drug-likeness (QED) is 0.665. The maximum atomic E-state index is 13.6. The van der Waals surface area contributed by atoms with E-state index in [1.54, 1.807) is 12.1 Å². The first-order chi connectivity index (χ1) is 7.32. The van der Waals surface area contributed by atoms with Crippen LogP contribution in [0.5, 0.6) is 0 Å². The maximum Gasteiger partial charge on any atom is 0.127 e. The third kappa shape index (κ3) is 3.95. The van der Waals surface area contributed by atoms with Gasteiger partial charge in [0.1, 0.15) is 5.82 Å². The van der Waals surface area contributed by atoms with E-state index in [1.807, 2.05) is 6.92 Å². The van der Waals surface area contributed by atoms with E-state index >= 15 is 0 Å². The van der Waals surface area contributed by atoms with Crippen LogP contribution in [0.3, 0.4) is 0 Å². The molecule has 0 radical (unpaired) electrons. The molecule has 1 aromatic rings. The third-order valence-corrected chi connectivity index (χ3v) is 3.06. The minimum absolute atomic E-state index is 0.0486. The summed E-state index contributed by atoms with van der Waals surface area (Å²) in [7, 11) is 0. The monoisotopic (exact) mass is 262 g/mol. The maximum absolute atomic E-state index is 13.6. The summed E-state index contributed by atoms with van der Waals surface area (Å²) < 4.78 is 13.6. The molecule has 1 unspecified atom stereocenters. The molecular weight excluding hydrogens is 246 g/mol. The van der Waals surface area contributed by atoms with Crippen molar-refractivity contribution in [1.82, 2.24) is 0 Å². The molecule has 0 fully saturated rings. The van der Waals surface area contributed by atoms with Gasteiger partial charge in [0.15, 0.2) is 0 Å². The van der Waals surface area contributed by atoms with Crippen molar-refractivity contribution in [2.24, 2.45) is 5.41 Å². The molecule has 1 rings (SSSR count). The van der Waals surface area contributed by atoms with Gasteiger partial charge in [-0.2, -0.15) is 0 Å². The van der Waals surface area contributed by atoms with E-state index in [2.05, 4.69) is 13.8 Å². The molecule has 0 nitrogen and oxygen atoms in total. The van der Waals surface area contributed by atoms with E-state index in [9.17, 15) is 4.39 Å². The van der Waals surface area contributed by atoms with Crippen molar-refractivity contribution >= 4 is 23.2 Å². The Balaban J connectivity index is 2.87. The fraction of sp³-hybridized carbons (Fsp3) is 0.538. The normalized spacial score (nSPS) is 13.9. The molecule has 0 aliphatic carbocycles. The van der Waals surface area contributed by atoms with Crippen LogP contribution in [-0.4, -0.2) is 5.38 Å². The summed E-state index contributed by atoms with van der Waals surface area (Å²) in [6, 6.07) is 4.79. The van der Waals surface area contributed by atoms with Crippen molar-refractivity contribution in [3.63, 3.8) is 0 Å². The topological polar surface area (TPSA) is 0 Å². The van der Waals surface area contributed by atoms with Gasteiger partial charge in [-0.25, -0.2) is 4.39 Å². The fourth-order valence-corrected chi connectivity index (χ4v) is 2.66. The van der Waals surface area contributed by atoms with Crippen LogP contribution in [0.15, 0.2) is 18.2 Å². The van der Waals surface area contributed by atoms with E-state index in [0.717, 1.165) is 6.42 Å². The predicted molar refractivity (Wildman–Crippen MR) is 68.8 cm³/mol. The summed E-state index contributed by atoms with van der Waals surface area (Å²) in [6.07, 6.45) is 1.44. The Morgan fingerprint density at radius 3 is 2.50 bits per heavy atom. The smallest absolute Gasteiger partial charge is 0.127 e. The molecule has 0 saturated carbocycles. The molecule has 0 N–H and O–H groups in total. The third-order valence-electron chi connectivity index (χ3n) is 2.55. The highest BCUT2D eigenvalue weighted by Crippen LogP contribution is 2.32. The molecule has 0 spiro atoms. The SMILES string of the molecule is CC(Cl)CC(C)(C)Cc1c(F)cccc1Cl. The Bertz CT molecular complexity index is 339. The Morgan fingerprint density at radius 1 is 1.38 bits per heavy atom. The minimum atomic E-state index is -0.234. The predicted octanol–water partition coefficient (Wildman–Crippen LogP) is 5.07. The molecule has 0 aromatic heterocycles. The molecular formula is C13H17Cl2F. The average Bonchev–Trinajstić information content (AvgIpc) is 2.09. The van der Waals surface area contributed by atoms with Crippen LogP contribution >= 0.6 is 23.2 Å². The zero-order valence-electron chi connectivity index (χ0n) is 9.86. The van der Waals surface area contributed by atoms with Gasteiger partial charge in [-0.1, -0.05) is 31.5 Å². The van der Waals surface area contributed by atoms with Crippen LogP contribution in [0.1, 0.15) is 32.8 Å². The van der Waals surface area contributed by atoms with Crippen LogP contribution < -0.4 is 0 Å². The molecule has 0 bridgehead atoms. The van der Waals surface area contributed by atoms with Gasteiger partial charge in [0.2, 0.25) is 0 Å². The van der Waals surface area contributed by atoms with E-state index in [-0.39, 0.29) is 16.6 Å². The van der Waals surface area contributed by atoms with Crippen LogP contribution in [0.4, 0.5) is 4.39 Å². The first-order valence-electron chi connectivity index (χ1n) is 5.39. The largest absolute Gasteiger partial charge is 0.207 e. The molecule has 0 aliphatic heterocycles. The first-order valence-corrected chi connectivity index (χ1v) is 6.20. The Hall–Kier alpha value is -0.270. The molecule has 90 valence electrons. The van der Waals surface area contributed by atoms with E-state index in [0.29, 0.717) is 17.0 Å². The number of halogens is 3. The van der Waals surface area contributed by atoms with Gasteiger partial charge in [0.25, 0.3) is 0 Å². The van der Waals surface area contributed by atoms with Gasteiger partial charge in [0, 0.05) is 16.0 Å². The number of rotatable bonds is 4. The van der Waals surface area contributed by atoms with Gasteiger partial charge in [-0.15, -0.1) is 11.6 Å². The fourth-order valence-electron chi connectivity index (χ4n) is 2.01. The lowest BCUT2D eigenvalue weighted by molar-refractivity contribution is 0.327. The molecule has 0 saturated heterocycles. The molecule has 1 aromatic carbocycles. The number of hydrogen-bond donors (Lipinski definition) is 0. The summed E-state index contributed by atoms with van der Waals surface area (Å²) in [5.74, 6) is -0.234. The lowest BCUT2D eigenvalue weighted by Gasteiger charge is -2.26. The Labute approximate surface area is 107 Å². The zero-order chi connectivity index (χ0) is 12.3. The Morgan fingerprint density at radius 2 is 2.00 bits per heavy atom. The highest BCUT2D eigenvalue weighted by atomic mass is 35.5. The average molecular weight is 263 g/mol. The van der Waals surface area contributed by atoms with E-state index < -0.39 is 0 Å². The van der Waals surface area contributed by atoms with Crippen LogP contribution in [0.25, 0.3) is 0 Å². The van der Waals surface area contributed by atoms with Crippen molar-refractivity contribution in [3.8, 4) is 0 Å². The van der Waals surface area contributed by atoms with Gasteiger partial charge < -0.3 is 0 Å². The lowest BCUT2D eigenvalue weighted by atomic mass is 9.81. The van der Waals surface area contributed by atoms with Gasteiger partial charge in [0.05, 0.1) is 0 Å². The zero-order valence-corrected chi connectivity index (χ0v) is 11.4. The Kier molecular flexibility index (Phi) is 4.63. The molecule has 1 atom stereocenters. The van der Waals surface area contributed by atoms with E-state index in [1.165, 1.54) is 6.07 Å². The molecule has 0 heterocycles. The molecule has 3 heteroatoms. The molecule has 0 amide bonds. The van der Waals surface area contributed by atoms with Gasteiger partial charge >= 0.3 is 0 Å². The van der Waals surface area contributed by atoms with Crippen molar-refractivity contribution < 1.29 is 4.39 Å². The van der Waals surface area contributed by atoms with Crippen LogP contribution in [0.2, 0.25) is 5.02 Å². The van der Waals surface area contributed by atoms with Crippen molar-refractivity contribution in [3.05, 3.63) is 34.6 Å². The summed E-state index contributed by atoms with van der Waals surface area (Å²) in [6.45, 7) is 6.11. The van der Waals surface area contributed by atoms with Crippen LogP contribution in [-0.2, 0) is 6.42 Å². The minimum Gasteiger partial charge on any atom is -0.207 e. The lowest BCUT2D eigenvalue weighted by Crippen LogP contribution is -2.19. The summed E-state index contributed by atoms with van der Waals surface area (Å²) >= 11 is 12.0. The first kappa shape index (κ1) is 13.8. The second-order valence-corrected chi connectivity index (χ2v) is 6.18. The van der Waals surface area contributed by atoms with Crippen LogP contribution in [0, 0.1) is 11.2 Å². The van der Waals surface area contributed by atoms with Crippen molar-refractivity contribution in [2.75, 3.05) is 0 Å². The highest BCUT2D eigenvalue weighted by molar-refractivity contribution is 6.31. The second-order valence-electron chi connectivity index (χ2n) is 5.03.